The van der Waals surface area contributed by atoms with Gasteiger partial charge < -0.3 is 52.4 Å². The van der Waals surface area contributed by atoms with E-state index in [0.29, 0.717) is 56.6 Å². The van der Waals surface area contributed by atoms with Gasteiger partial charge in [0.1, 0.15) is 47.7 Å². The molecule has 3 aromatic heterocycles. The van der Waals surface area contributed by atoms with Crippen molar-refractivity contribution in [3.63, 3.8) is 0 Å². The highest BCUT2D eigenvalue weighted by atomic mass is 16.7. The summed E-state index contributed by atoms with van der Waals surface area (Å²) in [6, 6.07) is 21.7. The number of rotatable bonds is 17. The third-order valence-corrected chi connectivity index (χ3v) is 8.93. The number of methoxy groups -OCH3 is 4. The van der Waals surface area contributed by atoms with Crippen molar-refractivity contribution in [3.8, 4) is 34.5 Å². The summed E-state index contributed by atoms with van der Waals surface area (Å²) in [6.07, 6.45) is 2.49. The number of hydrogen-bond acceptors (Lipinski definition) is 13. The molecular weight excluding hydrogens is 726 g/mol. The number of carbonyl (C=O) groups is 2. The highest BCUT2D eigenvalue weighted by molar-refractivity contribution is 6.15. The zero-order chi connectivity index (χ0) is 39.0. The fraction of sp³-hybridized carbons (Fsp3) is 0.244. The molecule has 0 spiro atoms. The van der Waals surface area contributed by atoms with E-state index in [2.05, 4.69) is 9.97 Å². The second kappa shape index (κ2) is 17.2. The highest BCUT2D eigenvalue weighted by Gasteiger charge is 2.20. The smallest absolute Gasteiger partial charge is 0.419 e. The zero-order valence-electron chi connectivity index (χ0n) is 31.1. The summed E-state index contributed by atoms with van der Waals surface area (Å²) >= 11 is 0. The molecule has 0 unspecified atom stereocenters. The summed E-state index contributed by atoms with van der Waals surface area (Å²) in [4.78, 5) is 33.7. The van der Waals surface area contributed by atoms with Gasteiger partial charge in [-0.2, -0.15) is 0 Å². The molecule has 0 amide bonds. The van der Waals surface area contributed by atoms with Crippen LogP contribution in [-0.4, -0.2) is 95.1 Å². The molecule has 1 N–H and O–H groups in total. The van der Waals surface area contributed by atoms with E-state index in [0.717, 1.165) is 27.1 Å². The Morgan fingerprint density at radius 1 is 0.571 bits per heavy atom. The van der Waals surface area contributed by atoms with E-state index in [9.17, 15) is 9.59 Å². The van der Waals surface area contributed by atoms with E-state index in [1.165, 1.54) is 24.1 Å². The van der Waals surface area contributed by atoms with Crippen LogP contribution in [0.2, 0.25) is 0 Å². The number of ether oxygens (including phenoxy) is 10. The fourth-order valence-electron chi connectivity index (χ4n) is 6.24. The van der Waals surface area contributed by atoms with E-state index in [4.69, 9.17) is 47.4 Å². The molecule has 7 rings (SSSR count). The van der Waals surface area contributed by atoms with Gasteiger partial charge in [0.05, 0.1) is 76.2 Å². The SMILES string of the molecule is COc1ccc2[nH]c3c(C(=O)OCOCOc4cncc(OCCOCCOC(=O)n5c6ccc(OC)cc6c6cc(OC)ccc65)c4)cc(OC)cc3c2c1. The third-order valence-electron chi connectivity index (χ3n) is 8.93. The summed E-state index contributed by atoms with van der Waals surface area (Å²) in [7, 11) is 6.31. The molecule has 15 heteroatoms. The van der Waals surface area contributed by atoms with E-state index in [1.54, 1.807) is 45.6 Å². The molecule has 56 heavy (non-hydrogen) atoms. The first kappa shape index (κ1) is 37.6. The number of aromatic nitrogens is 3. The van der Waals surface area contributed by atoms with Gasteiger partial charge in [0.15, 0.2) is 13.6 Å². The minimum atomic E-state index is -0.601. The molecule has 0 bridgehead atoms. The van der Waals surface area contributed by atoms with E-state index in [-0.39, 0.29) is 40.0 Å². The minimum Gasteiger partial charge on any atom is -0.497 e. The molecule has 0 aliphatic heterocycles. The lowest BCUT2D eigenvalue weighted by Gasteiger charge is -2.11. The standard InChI is InChI=1S/C41H39N3O12/c1-47-25-5-8-36-31(16-25)34-19-28(50-4)20-35(39(34)43-36)40(45)56-24-52-23-55-30-15-29(21-42-22-30)53-13-11-51-12-14-54-41(46)44-37-9-6-26(48-2)17-32(37)33-18-27(49-3)7-10-38(33)44/h5-10,15-22,43H,11-14,23-24H2,1-4H3. The molecule has 0 radical (unpaired) electrons. The lowest BCUT2D eigenvalue weighted by molar-refractivity contribution is -0.0768. The van der Waals surface area contributed by atoms with Crippen LogP contribution in [0.5, 0.6) is 34.5 Å². The largest absolute Gasteiger partial charge is 0.497 e. The average Bonchev–Trinajstić information content (AvgIpc) is 3.77. The first-order chi connectivity index (χ1) is 27.4. The van der Waals surface area contributed by atoms with Crippen LogP contribution in [0, 0.1) is 0 Å². The molecule has 0 saturated heterocycles. The van der Waals surface area contributed by atoms with Crippen molar-refractivity contribution in [2.75, 3.05) is 68.5 Å². The Labute approximate surface area is 320 Å². The molecule has 15 nitrogen and oxygen atoms in total. The summed E-state index contributed by atoms with van der Waals surface area (Å²) in [6.45, 7) is 0.0791. The van der Waals surface area contributed by atoms with Crippen LogP contribution in [-0.2, 0) is 18.9 Å². The van der Waals surface area contributed by atoms with Gasteiger partial charge in [-0.15, -0.1) is 0 Å². The average molecular weight is 766 g/mol. The molecule has 0 fully saturated rings. The Balaban J connectivity index is 0.835. The Morgan fingerprint density at radius 3 is 1.86 bits per heavy atom. The van der Waals surface area contributed by atoms with Crippen LogP contribution in [0.15, 0.2) is 85.2 Å². The van der Waals surface area contributed by atoms with Crippen LogP contribution in [0.3, 0.4) is 0 Å². The van der Waals surface area contributed by atoms with Crippen LogP contribution >= 0.6 is 0 Å². The molecule has 0 atom stereocenters. The van der Waals surface area contributed by atoms with Gasteiger partial charge in [-0.3, -0.25) is 4.98 Å². The molecule has 7 aromatic rings. The lowest BCUT2D eigenvalue weighted by atomic mass is 10.1. The molecule has 4 aromatic carbocycles. The van der Waals surface area contributed by atoms with E-state index < -0.39 is 12.1 Å². The number of pyridine rings is 1. The number of nitrogens with zero attached hydrogens (tertiary/aromatic N) is 2. The molecule has 290 valence electrons. The van der Waals surface area contributed by atoms with Gasteiger partial charge in [0, 0.05) is 33.1 Å². The van der Waals surface area contributed by atoms with Crippen LogP contribution in [0.1, 0.15) is 10.4 Å². The first-order valence-corrected chi connectivity index (χ1v) is 17.4. The third kappa shape index (κ3) is 8.04. The summed E-state index contributed by atoms with van der Waals surface area (Å²) in [5, 5.41) is 3.34. The highest BCUT2D eigenvalue weighted by Crippen LogP contribution is 2.35. The predicted octanol–water partition coefficient (Wildman–Crippen LogP) is 7.11. The van der Waals surface area contributed by atoms with Crippen molar-refractivity contribution in [3.05, 3.63) is 90.8 Å². The van der Waals surface area contributed by atoms with Gasteiger partial charge in [-0.25, -0.2) is 14.2 Å². The van der Waals surface area contributed by atoms with Crippen molar-refractivity contribution in [1.82, 2.24) is 14.5 Å². The van der Waals surface area contributed by atoms with Gasteiger partial charge in [-0.05, 0) is 66.7 Å². The molecule has 0 aliphatic carbocycles. The first-order valence-electron chi connectivity index (χ1n) is 17.4. The van der Waals surface area contributed by atoms with Crippen molar-refractivity contribution < 1.29 is 57.0 Å². The second-order valence-corrected chi connectivity index (χ2v) is 12.2. The summed E-state index contributed by atoms with van der Waals surface area (Å²) in [5.74, 6) is 2.76. The zero-order valence-corrected chi connectivity index (χ0v) is 31.1. The lowest BCUT2D eigenvalue weighted by Crippen LogP contribution is -2.17. The summed E-state index contributed by atoms with van der Waals surface area (Å²) in [5.41, 5.74) is 3.09. The number of benzene rings is 4. The number of hydrogen-bond donors (Lipinski definition) is 1. The second-order valence-electron chi connectivity index (χ2n) is 12.2. The quantitative estimate of drug-likeness (QED) is 0.0568. The van der Waals surface area contributed by atoms with E-state index in [1.807, 2.05) is 48.5 Å². The van der Waals surface area contributed by atoms with Crippen molar-refractivity contribution in [1.29, 1.82) is 0 Å². The maximum absolute atomic E-state index is 13.2. The Hall–Kier alpha value is -6.71. The normalized spacial score (nSPS) is 11.2. The van der Waals surface area contributed by atoms with Crippen molar-refractivity contribution >= 4 is 55.7 Å². The molecule has 0 saturated carbocycles. The molecular formula is C41H39N3O12. The number of H-pyrrole nitrogens is 1. The van der Waals surface area contributed by atoms with Gasteiger partial charge in [-0.1, -0.05) is 0 Å². The maximum Gasteiger partial charge on any atom is 0.419 e. The Morgan fingerprint density at radius 2 is 1.18 bits per heavy atom. The number of nitrogens with one attached hydrogen (secondary N) is 1. The predicted molar refractivity (Wildman–Crippen MR) is 206 cm³/mol. The van der Waals surface area contributed by atoms with Crippen molar-refractivity contribution in [2.45, 2.75) is 0 Å². The number of carbonyl (C=O) groups excluding carboxylic acids is 2. The topological polar surface area (TPSA) is 160 Å². The number of esters is 1. The Kier molecular flexibility index (Phi) is 11.5. The van der Waals surface area contributed by atoms with Gasteiger partial charge >= 0.3 is 12.1 Å². The molecule has 0 aliphatic rings. The molecule has 3 heterocycles. The summed E-state index contributed by atoms with van der Waals surface area (Å²) < 4.78 is 56.4. The fourth-order valence-corrected chi connectivity index (χ4v) is 6.24. The monoisotopic (exact) mass is 765 g/mol. The van der Waals surface area contributed by atoms with Crippen molar-refractivity contribution in [2.24, 2.45) is 0 Å². The van der Waals surface area contributed by atoms with Crippen LogP contribution in [0.4, 0.5) is 4.79 Å². The Bertz CT molecular complexity index is 2450. The van der Waals surface area contributed by atoms with Crippen LogP contribution < -0.4 is 28.4 Å². The van der Waals surface area contributed by atoms with Gasteiger partial charge in [0.2, 0.25) is 0 Å². The number of fused-ring (bicyclic) bond motifs is 6. The van der Waals surface area contributed by atoms with Crippen LogP contribution in [0.25, 0.3) is 43.6 Å². The van der Waals surface area contributed by atoms with E-state index >= 15 is 0 Å². The number of aromatic amines is 1. The minimum absolute atomic E-state index is 0.0367. The van der Waals surface area contributed by atoms with Gasteiger partial charge in [0.25, 0.3) is 0 Å². The maximum atomic E-state index is 13.2.